The molecule has 0 radical (unpaired) electrons. The van der Waals surface area contributed by atoms with Crippen molar-refractivity contribution < 1.29 is 9.59 Å². The van der Waals surface area contributed by atoms with Gasteiger partial charge in [-0.2, -0.15) is 0 Å². The molecule has 3 aromatic rings. The van der Waals surface area contributed by atoms with E-state index < -0.39 is 0 Å². The smallest absolute Gasteiger partial charge is 0.251 e. The first kappa shape index (κ1) is 24.5. The van der Waals surface area contributed by atoms with Crippen LogP contribution in [0, 0.1) is 6.92 Å². The maximum absolute atomic E-state index is 12.3. The van der Waals surface area contributed by atoms with Crippen molar-refractivity contribution in [2.45, 2.75) is 26.8 Å². The molecule has 0 unspecified atom stereocenters. The fraction of sp³-hybridized carbons (Fsp3) is 0.222. The Morgan fingerprint density at radius 3 is 2.65 bits per heavy atom. The van der Waals surface area contributed by atoms with Crippen molar-refractivity contribution in [3.05, 3.63) is 76.9 Å². The van der Waals surface area contributed by atoms with E-state index in [-0.39, 0.29) is 5.91 Å². The van der Waals surface area contributed by atoms with E-state index >= 15 is 0 Å². The van der Waals surface area contributed by atoms with Crippen LogP contribution >= 0.6 is 0 Å². The summed E-state index contributed by atoms with van der Waals surface area (Å²) in [5.74, 6) is 0.521. The molecule has 3 rings (SSSR count). The van der Waals surface area contributed by atoms with Gasteiger partial charge in [0.1, 0.15) is 12.1 Å². The number of nitrogens with one attached hydrogen (secondary N) is 3. The molecule has 5 N–H and O–H groups in total. The summed E-state index contributed by atoms with van der Waals surface area (Å²) in [4.78, 5) is 27.8. The molecule has 176 valence electrons. The maximum Gasteiger partial charge on any atom is 0.251 e. The third kappa shape index (κ3) is 6.01. The van der Waals surface area contributed by atoms with Gasteiger partial charge in [-0.1, -0.05) is 19.1 Å². The Labute approximate surface area is 200 Å². The van der Waals surface area contributed by atoms with Gasteiger partial charge in [-0.05, 0) is 78.6 Å². The number of nitrogen functional groups attached to an aromatic ring is 1. The van der Waals surface area contributed by atoms with Gasteiger partial charge in [0.25, 0.3) is 5.91 Å². The van der Waals surface area contributed by atoms with Gasteiger partial charge in [0, 0.05) is 37.0 Å². The highest BCUT2D eigenvalue weighted by Gasteiger charge is 2.11. The number of carbonyl (C=O) groups is 2. The van der Waals surface area contributed by atoms with Gasteiger partial charge in [0.2, 0.25) is 0 Å². The van der Waals surface area contributed by atoms with Gasteiger partial charge < -0.3 is 21.7 Å². The minimum absolute atomic E-state index is 0.0647. The lowest BCUT2D eigenvalue weighted by molar-refractivity contribution is -0.104. The van der Waals surface area contributed by atoms with Crippen LogP contribution in [-0.2, 0) is 11.3 Å². The summed E-state index contributed by atoms with van der Waals surface area (Å²) in [6.45, 7) is 5.12. The lowest BCUT2D eigenvalue weighted by atomic mass is 10.0. The number of hydrogen-bond acceptors (Lipinski definition) is 6. The third-order valence-corrected chi connectivity index (χ3v) is 5.43. The van der Waals surface area contributed by atoms with Gasteiger partial charge in [-0.25, -0.2) is 4.98 Å². The van der Waals surface area contributed by atoms with Crippen LogP contribution in [-0.4, -0.2) is 30.8 Å². The molecule has 0 spiro atoms. The van der Waals surface area contributed by atoms with E-state index in [2.05, 4.69) is 16.0 Å². The summed E-state index contributed by atoms with van der Waals surface area (Å²) in [6, 6.07) is 15.4. The van der Waals surface area contributed by atoms with Crippen LogP contribution in [0.4, 0.5) is 17.2 Å². The Morgan fingerprint density at radius 1 is 1.12 bits per heavy atom. The molecular formula is C27H31N5O2. The number of hydrogen-bond donors (Lipinski definition) is 4. The van der Waals surface area contributed by atoms with Gasteiger partial charge in [0.05, 0.1) is 11.4 Å². The van der Waals surface area contributed by atoms with E-state index in [9.17, 15) is 9.59 Å². The van der Waals surface area contributed by atoms with Crippen LogP contribution in [0.25, 0.3) is 17.3 Å². The molecule has 0 bridgehead atoms. The first-order valence-corrected chi connectivity index (χ1v) is 11.3. The Hall–Kier alpha value is -4.13. The van der Waals surface area contributed by atoms with E-state index in [1.54, 1.807) is 6.08 Å². The van der Waals surface area contributed by atoms with Crippen LogP contribution < -0.4 is 21.7 Å². The number of anilines is 3. The number of nitrogens with zero attached hydrogens (tertiary/aromatic N) is 1. The zero-order chi connectivity index (χ0) is 24.5. The molecule has 1 amide bonds. The Kier molecular flexibility index (Phi) is 8.40. The first-order chi connectivity index (χ1) is 16.5. The molecule has 0 aliphatic carbocycles. The lowest BCUT2D eigenvalue weighted by Gasteiger charge is -2.13. The fourth-order valence-electron chi connectivity index (χ4n) is 3.60. The predicted molar refractivity (Wildman–Crippen MR) is 140 cm³/mol. The number of allylic oxidation sites excluding steroid dienone is 1. The second kappa shape index (κ2) is 11.7. The van der Waals surface area contributed by atoms with Crippen LogP contribution in [0.1, 0.15) is 40.4 Å². The number of aromatic nitrogens is 1. The number of nitrogens with two attached hydrogens (primary N) is 1. The number of carbonyl (C=O) groups excluding carboxylic acids is 2. The summed E-state index contributed by atoms with van der Waals surface area (Å²) in [6.07, 6.45) is 4.89. The quantitative estimate of drug-likeness (QED) is 0.261. The normalized spacial score (nSPS) is 10.8. The molecule has 7 nitrogen and oxygen atoms in total. The molecule has 0 aliphatic heterocycles. The van der Waals surface area contributed by atoms with Gasteiger partial charge in [0.15, 0.2) is 0 Å². The summed E-state index contributed by atoms with van der Waals surface area (Å²) in [5, 5.41) is 9.35. The van der Waals surface area contributed by atoms with Gasteiger partial charge in [-0.15, -0.1) is 0 Å². The van der Waals surface area contributed by atoms with Crippen molar-refractivity contribution in [3.63, 3.8) is 0 Å². The monoisotopic (exact) mass is 457 g/mol. The number of aldehydes is 1. The summed E-state index contributed by atoms with van der Waals surface area (Å²) < 4.78 is 0. The van der Waals surface area contributed by atoms with Crippen LogP contribution in [0.5, 0.6) is 0 Å². The van der Waals surface area contributed by atoms with E-state index in [0.717, 1.165) is 46.3 Å². The Balaban J connectivity index is 1.79. The Morgan fingerprint density at radius 2 is 1.94 bits per heavy atom. The van der Waals surface area contributed by atoms with Crippen LogP contribution in [0.15, 0.2) is 54.6 Å². The highest BCUT2D eigenvalue weighted by molar-refractivity contribution is 5.96. The average Bonchev–Trinajstić information content (AvgIpc) is 2.85. The SMILES string of the molecule is CCCNC(=O)c1ccc(-c2ccc(N)c(NCc3ccc(NC)c(/C=C\C=O)c3)n2)cc1C. The second-order valence-electron chi connectivity index (χ2n) is 7.94. The highest BCUT2D eigenvalue weighted by atomic mass is 16.1. The molecule has 34 heavy (non-hydrogen) atoms. The Bertz CT molecular complexity index is 1200. The summed E-state index contributed by atoms with van der Waals surface area (Å²) >= 11 is 0. The van der Waals surface area contributed by atoms with Crippen molar-refractivity contribution in [3.8, 4) is 11.3 Å². The van der Waals surface area contributed by atoms with Crippen molar-refractivity contribution in [2.24, 2.45) is 0 Å². The number of pyridine rings is 1. The van der Waals surface area contributed by atoms with E-state index in [0.29, 0.717) is 30.2 Å². The fourth-order valence-corrected chi connectivity index (χ4v) is 3.60. The zero-order valence-corrected chi connectivity index (χ0v) is 19.8. The zero-order valence-electron chi connectivity index (χ0n) is 19.8. The number of benzene rings is 2. The highest BCUT2D eigenvalue weighted by Crippen LogP contribution is 2.26. The maximum atomic E-state index is 12.3. The van der Waals surface area contributed by atoms with E-state index in [1.165, 1.54) is 6.08 Å². The van der Waals surface area contributed by atoms with Crippen molar-refractivity contribution in [1.82, 2.24) is 10.3 Å². The molecular weight excluding hydrogens is 426 g/mol. The number of amides is 1. The van der Waals surface area contributed by atoms with E-state index in [1.807, 2.05) is 69.4 Å². The second-order valence-corrected chi connectivity index (χ2v) is 7.94. The van der Waals surface area contributed by atoms with Crippen molar-refractivity contribution in [1.29, 1.82) is 0 Å². The molecule has 0 saturated heterocycles. The predicted octanol–water partition coefficient (Wildman–Crippen LogP) is 4.64. The van der Waals surface area contributed by atoms with E-state index in [4.69, 9.17) is 10.7 Å². The minimum atomic E-state index is -0.0647. The average molecular weight is 458 g/mol. The molecule has 2 aromatic carbocycles. The van der Waals surface area contributed by atoms with Crippen molar-refractivity contribution >= 4 is 35.5 Å². The lowest BCUT2D eigenvalue weighted by Crippen LogP contribution is -2.24. The minimum Gasteiger partial charge on any atom is -0.396 e. The summed E-state index contributed by atoms with van der Waals surface area (Å²) in [7, 11) is 1.84. The molecule has 1 aromatic heterocycles. The van der Waals surface area contributed by atoms with Gasteiger partial charge >= 0.3 is 0 Å². The largest absolute Gasteiger partial charge is 0.396 e. The molecule has 0 fully saturated rings. The van der Waals surface area contributed by atoms with Gasteiger partial charge in [-0.3, -0.25) is 9.59 Å². The third-order valence-electron chi connectivity index (χ3n) is 5.43. The summed E-state index contributed by atoms with van der Waals surface area (Å²) in [5.41, 5.74) is 12.8. The standard InChI is InChI=1S/C27H31N5O2/c1-4-13-30-27(34)22-9-8-21(15-18(22)2)25-12-10-23(28)26(32-25)31-17-19-7-11-24(29-3)20(16-19)6-5-14-33/h5-12,14-16,29H,4,13,17,28H2,1-3H3,(H,30,34)(H,31,32)/b6-5-. The van der Waals surface area contributed by atoms with Crippen molar-refractivity contribution in [2.75, 3.05) is 30.0 Å². The van der Waals surface area contributed by atoms with Crippen LogP contribution in [0.2, 0.25) is 0 Å². The molecule has 0 atom stereocenters. The topological polar surface area (TPSA) is 109 Å². The molecule has 0 aliphatic rings. The molecule has 1 heterocycles. The number of aryl methyl sites for hydroxylation is 1. The first-order valence-electron chi connectivity index (χ1n) is 11.3. The molecule has 7 heteroatoms. The molecule has 0 saturated carbocycles. The number of rotatable bonds is 10. The van der Waals surface area contributed by atoms with Crippen LogP contribution in [0.3, 0.4) is 0 Å².